The van der Waals surface area contributed by atoms with Crippen molar-refractivity contribution < 1.29 is 0 Å². The molecule has 0 aromatic carbocycles. The van der Waals surface area contributed by atoms with Crippen molar-refractivity contribution in [1.82, 2.24) is 19.9 Å². The van der Waals surface area contributed by atoms with Crippen molar-refractivity contribution in [2.45, 2.75) is 13.0 Å². The van der Waals surface area contributed by atoms with Gasteiger partial charge in [-0.2, -0.15) is 5.10 Å². The van der Waals surface area contributed by atoms with Crippen LogP contribution in [-0.4, -0.2) is 21.1 Å². The summed E-state index contributed by atoms with van der Waals surface area (Å²) in [4.78, 5) is 14.2. The minimum absolute atomic E-state index is 0.0649. The maximum absolute atomic E-state index is 11.6. The molecule has 1 aliphatic rings. The van der Waals surface area contributed by atoms with Crippen LogP contribution in [-0.2, 0) is 13.0 Å². The van der Waals surface area contributed by atoms with Crippen molar-refractivity contribution in [3.63, 3.8) is 0 Å². The lowest BCUT2D eigenvalue weighted by Gasteiger charge is -2.10. The molecule has 0 aliphatic carbocycles. The predicted octanol–water partition coefficient (Wildman–Crippen LogP) is -0.332. The van der Waals surface area contributed by atoms with Crippen LogP contribution in [0, 0.1) is 0 Å². The topological polar surface area (TPSA) is 62.2 Å². The zero-order valence-electron chi connectivity index (χ0n) is 7.58. The SMILES string of the molecule is O=c1[nH]ccn2nc3c(c12)CNCC3. The van der Waals surface area contributed by atoms with Crippen LogP contribution in [0.2, 0.25) is 0 Å². The van der Waals surface area contributed by atoms with Crippen LogP contribution in [0.15, 0.2) is 17.2 Å². The molecular weight excluding hydrogens is 180 g/mol. The molecule has 3 heterocycles. The van der Waals surface area contributed by atoms with Crippen LogP contribution in [0.1, 0.15) is 11.3 Å². The third-order valence-corrected chi connectivity index (χ3v) is 2.58. The van der Waals surface area contributed by atoms with E-state index in [1.165, 1.54) is 0 Å². The molecule has 2 aromatic rings. The number of nitrogens with zero attached hydrogens (tertiary/aromatic N) is 2. The summed E-state index contributed by atoms with van der Waals surface area (Å²) in [5.41, 5.74) is 2.69. The Labute approximate surface area is 79.8 Å². The van der Waals surface area contributed by atoms with E-state index in [1.54, 1.807) is 16.9 Å². The summed E-state index contributed by atoms with van der Waals surface area (Å²) >= 11 is 0. The molecule has 72 valence electrons. The summed E-state index contributed by atoms with van der Waals surface area (Å²) in [6.45, 7) is 1.68. The minimum atomic E-state index is -0.0649. The summed E-state index contributed by atoms with van der Waals surface area (Å²) in [7, 11) is 0. The fourth-order valence-electron chi connectivity index (χ4n) is 1.92. The van der Waals surface area contributed by atoms with E-state index in [9.17, 15) is 4.79 Å². The van der Waals surface area contributed by atoms with E-state index in [0.717, 1.165) is 30.8 Å². The Morgan fingerprint density at radius 1 is 1.50 bits per heavy atom. The summed E-state index contributed by atoms with van der Waals surface area (Å²) in [6, 6.07) is 0. The highest BCUT2D eigenvalue weighted by molar-refractivity contribution is 5.55. The van der Waals surface area contributed by atoms with E-state index in [0.29, 0.717) is 5.52 Å². The second-order valence-corrected chi connectivity index (χ2v) is 3.43. The van der Waals surface area contributed by atoms with E-state index in [1.807, 2.05) is 0 Å². The van der Waals surface area contributed by atoms with Crippen LogP contribution in [0.5, 0.6) is 0 Å². The highest BCUT2D eigenvalue weighted by Crippen LogP contribution is 2.15. The van der Waals surface area contributed by atoms with Gasteiger partial charge in [0.2, 0.25) is 0 Å². The Balaban J connectivity index is 2.44. The van der Waals surface area contributed by atoms with Crippen molar-refractivity contribution in [2.75, 3.05) is 6.54 Å². The highest BCUT2D eigenvalue weighted by Gasteiger charge is 2.17. The average Bonchev–Trinajstić information content (AvgIpc) is 2.57. The minimum Gasteiger partial charge on any atom is -0.326 e. The number of fused-ring (bicyclic) bond motifs is 3. The zero-order chi connectivity index (χ0) is 9.54. The van der Waals surface area contributed by atoms with E-state index >= 15 is 0 Å². The van der Waals surface area contributed by atoms with Gasteiger partial charge in [0.05, 0.1) is 5.69 Å². The number of H-pyrrole nitrogens is 1. The number of rotatable bonds is 0. The fourth-order valence-corrected chi connectivity index (χ4v) is 1.92. The molecule has 0 fully saturated rings. The van der Waals surface area contributed by atoms with Gasteiger partial charge < -0.3 is 10.3 Å². The van der Waals surface area contributed by atoms with Crippen molar-refractivity contribution in [2.24, 2.45) is 0 Å². The van der Waals surface area contributed by atoms with Crippen LogP contribution in [0.3, 0.4) is 0 Å². The zero-order valence-corrected chi connectivity index (χ0v) is 7.58. The Bertz CT molecular complexity index is 539. The van der Waals surface area contributed by atoms with E-state index in [4.69, 9.17) is 0 Å². The van der Waals surface area contributed by atoms with E-state index < -0.39 is 0 Å². The van der Waals surface area contributed by atoms with E-state index in [-0.39, 0.29) is 5.56 Å². The molecule has 0 spiro atoms. The van der Waals surface area contributed by atoms with Gasteiger partial charge in [0.25, 0.3) is 5.56 Å². The molecule has 0 saturated heterocycles. The monoisotopic (exact) mass is 190 g/mol. The molecular formula is C9H10N4O. The van der Waals surface area contributed by atoms with Gasteiger partial charge in [-0.1, -0.05) is 0 Å². The second-order valence-electron chi connectivity index (χ2n) is 3.43. The van der Waals surface area contributed by atoms with Gasteiger partial charge in [0.15, 0.2) is 0 Å². The largest absolute Gasteiger partial charge is 0.326 e. The van der Waals surface area contributed by atoms with E-state index in [2.05, 4.69) is 15.4 Å². The smallest absolute Gasteiger partial charge is 0.274 e. The van der Waals surface area contributed by atoms with Gasteiger partial charge in [-0.15, -0.1) is 0 Å². The molecule has 2 N–H and O–H groups in total. The van der Waals surface area contributed by atoms with Gasteiger partial charge in [0, 0.05) is 37.5 Å². The number of hydrogen-bond donors (Lipinski definition) is 2. The van der Waals surface area contributed by atoms with Gasteiger partial charge in [-0.05, 0) is 0 Å². The molecule has 0 radical (unpaired) electrons. The van der Waals surface area contributed by atoms with Crippen LogP contribution < -0.4 is 10.9 Å². The quantitative estimate of drug-likeness (QED) is 0.598. The standard InChI is InChI=1S/C9H10N4O/c14-9-8-6-5-10-2-1-7(6)12-13(8)4-3-11-9/h3-4,10H,1-2,5H2,(H,11,14). The molecule has 14 heavy (non-hydrogen) atoms. The average molecular weight is 190 g/mol. The highest BCUT2D eigenvalue weighted by atomic mass is 16.1. The number of aromatic amines is 1. The molecule has 1 aliphatic heterocycles. The first-order valence-electron chi connectivity index (χ1n) is 4.65. The Hall–Kier alpha value is -1.62. The normalized spacial score (nSPS) is 15.7. The molecule has 3 rings (SSSR count). The third kappa shape index (κ3) is 0.927. The van der Waals surface area contributed by atoms with Crippen LogP contribution >= 0.6 is 0 Å². The molecule has 0 atom stereocenters. The first-order valence-corrected chi connectivity index (χ1v) is 4.65. The summed E-state index contributed by atoms with van der Waals surface area (Å²) in [6.07, 6.45) is 4.28. The maximum Gasteiger partial charge on any atom is 0.274 e. The number of aromatic nitrogens is 3. The Morgan fingerprint density at radius 3 is 3.36 bits per heavy atom. The molecule has 0 unspecified atom stereocenters. The van der Waals surface area contributed by atoms with Gasteiger partial charge in [-0.3, -0.25) is 4.79 Å². The van der Waals surface area contributed by atoms with Crippen molar-refractivity contribution in [1.29, 1.82) is 0 Å². The Morgan fingerprint density at radius 2 is 2.43 bits per heavy atom. The molecule has 0 bridgehead atoms. The predicted molar refractivity (Wildman–Crippen MR) is 51.2 cm³/mol. The summed E-state index contributed by atoms with van der Waals surface area (Å²) in [5.74, 6) is 0. The van der Waals surface area contributed by atoms with Crippen LogP contribution in [0.25, 0.3) is 5.52 Å². The van der Waals surface area contributed by atoms with Gasteiger partial charge in [0.1, 0.15) is 5.52 Å². The number of hydrogen-bond acceptors (Lipinski definition) is 3. The van der Waals surface area contributed by atoms with Gasteiger partial charge >= 0.3 is 0 Å². The lowest BCUT2D eigenvalue weighted by Crippen LogP contribution is -2.23. The van der Waals surface area contributed by atoms with Crippen LogP contribution in [0.4, 0.5) is 0 Å². The summed E-state index contributed by atoms with van der Waals surface area (Å²) < 4.78 is 1.66. The van der Waals surface area contributed by atoms with Crippen molar-refractivity contribution in [3.05, 3.63) is 34.0 Å². The molecule has 0 saturated carbocycles. The lowest BCUT2D eigenvalue weighted by molar-refractivity contribution is 0.637. The van der Waals surface area contributed by atoms with Crippen molar-refractivity contribution in [3.8, 4) is 0 Å². The first-order chi connectivity index (χ1) is 6.86. The lowest BCUT2D eigenvalue weighted by atomic mass is 10.1. The molecule has 5 heteroatoms. The molecule has 2 aromatic heterocycles. The third-order valence-electron chi connectivity index (χ3n) is 2.58. The Kier molecular flexibility index (Phi) is 1.49. The molecule has 0 amide bonds. The van der Waals surface area contributed by atoms with Gasteiger partial charge in [-0.25, -0.2) is 4.52 Å². The first kappa shape index (κ1) is 7.75. The maximum atomic E-state index is 11.6. The molecule has 5 nitrogen and oxygen atoms in total. The second kappa shape index (κ2) is 2.68. The van der Waals surface area contributed by atoms with Crippen molar-refractivity contribution >= 4 is 5.52 Å². The number of nitrogens with one attached hydrogen (secondary N) is 2. The summed E-state index contributed by atoms with van der Waals surface area (Å²) in [5, 5.41) is 7.61. The fraction of sp³-hybridized carbons (Fsp3) is 0.333.